The molecule has 0 aliphatic carbocycles. The summed E-state index contributed by atoms with van der Waals surface area (Å²) in [6.45, 7) is 4.41. The van der Waals surface area contributed by atoms with E-state index in [-0.39, 0.29) is 6.04 Å². The highest BCUT2D eigenvalue weighted by molar-refractivity contribution is 9.10. The first-order valence-corrected chi connectivity index (χ1v) is 9.51. The predicted octanol–water partition coefficient (Wildman–Crippen LogP) is 2.62. The minimum atomic E-state index is -3.38. The van der Waals surface area contributed by atoms with Crippen LogP contribution in [0.5, 0.6) is 0 Å². The number of hydrogen-bond acceptors (Lipinski definition) is 4. The lowest BCUT2D eigenvalue weighted by Gasteiger charge is -2.28. The summed E-state index contributed by atoms with van der Waals surface area (Å²) in [6.07, 6.45) is 1.72. The van der Waals surface area contributed by atoms with E-state index in [0.717, 1.165) is 25.9 Å². The van der Waals surface area contributed by atoms with Crippen molar-refractivity contribution in [3.63, 3.8) is 0 Å². The molecule has 1 saturated heterocycles. The van der Waals surface area contributed by atoms with Gasteiger partial charge >= 0.3 is 0 Å². The van der Waals surface area contributed by atoms with E-state index in [4.69, 9.17) is 0 Å². The summed E-state index contributed by atoms with van der Waals surface area (Å²) in [5.74, 6) is 0. The fraction of sp³-hybridized carbons (Fsp3) is 0.667. The van der Waals surface area contributed by atoms with Gasteiger partial charge in [-0.1, -0.05) is 6.92 Å². The summed E-state index contributed by atoms with van der Waals surface area (Å²) in [4.78, 5) is 2.22. The zero-order valence-corrected chi connectivity index (χ0v) is 14.4. The van der Waals surface area contributed by atoms with Crippen molar-refractivity contribution in [2.75, 3.05) is 26.7 Å². The van der Waals surface area contributed by atoms with Crippen LogP contribution in [0.3, 0.4) is 0 Å². The molecule has 1 aromatic heterocycles. The van der Waals surface area contributed by atoms with Crippen molar-refractivity contribution in [3.05, 3.63) is 15.9 Å². The molecule has 0 bridgehead atoms. The van der Waals surface area contributed by atoms with Gasteiger partial charge in [0.1, 0.15) is 4.21 Å². The number of rotatable bonds is 3. The Labute approximate surface area is 127 Å². The maximum absolute atomic E-state index is 12.8. The van der Waals surface area contributed by atoms with Crippen LogP contribution in [-0.4, -0.2) is 50.3 Å². The summed E-state index contributed by atoms with van der Waals surface area (Å²) >= 11 is 4.62. The van der Waals surface area contributed by atoms with Gasteiger partial charge in [0.05, 0.1) is 0 Å². The molecule has 4 nitrogen and oxygen atoms in total. The van der Waals surface area contributed by atoms with Crippen molar-refractivity contribution >= 4 is 37.3 Å². The fourth-order valence-corrected chi connectivity index (χ4v) is 6.60. The Bertz CT molecular complexity index is 530. The quantitative estimate of drug-likeness (QED) is 0.825. The van der Waals surface area contributed by atoms with Crippen LogP contribution in [0, 0.1) is 0 Å². The second-order valence-corrected chi connectivity index (χ2v) is 8.71. The Morgan fingerprint density at radius 3 is 2.79 bits per heavy atom. The van der Waals surface area contributed by atoms with E-state index in [1.54, 1.807) is 10.4 Å². The lowest BCUT2D eigenvalue weighted by atomic mass is 10.2. The molecule has 1 aromatic rings. The Balaban J connectivity index is 2.35. The maximum atomic E-state index is 12.8. The van der Waals surface area contributed by atoms with Crippen LogP contribution in [0.2, 0.25) is 0 Å². The molecule has 0 saturated carbocycles. The van der Waals surface area contributed by atoms with Crippen molar-refractivity contribution < 1.29 is 8.42 Å². The molecule has 2 heterocycles. The number of nitrogens with zero attached hydrogens (tertiary/aromatic N) is 2. The molecule has 0 amide bonds. The van der Waals surface area contributed by atoms with Crippen LogP contribution >= 0.6 is 27.3 Å². The van der Waals surface area contributed by atoms with Crippen LogP contribution in [-0.2, 0) is 10.0 Å². The predicted molar refractivity (Wildman–Crippen MR) is 82.1 cm³/mol. The van der Waals surface area contributed by atoms with E-state index in [1.807, 2.05) is 5.38 Å². The molecule has 1 atom stereocenters. The van der Waals surface area contributed by atoms with Crippen LogP contribution in [0.4, 0.5) is 0 Å². The first-order valence-electron chi connectivity index (χ1n) is 6.40. The molecule has 0 spiro atoms. The average Bonchev–Trinajstić information content (AvgIpc) is 2.69. The van der Waals surface area contributed by atoms with Gasteiger partial charge in [-0.2, -0.15) is 4.31 Å². The van der Waals surface area contributed by atoms with Crippen molar-refractivity contribution in [3.8, 4) is 0 Å². The SMILES string of the molecule is CCC1CN(C)CCCN1S(=O)(=O)c1sccc1Br. The zero-order chi connectivity index (χ0) is 14.0. The summed E-state index contributed by atoms with van der Waals surface area (Å²) < 4.78 is 28.4. The smallest absolute Gasteiger partial charge is 0.253 e. The van der Waals surface area contributed by atoms with Gasteiger partial charge in [-0.25, -0.2) is 8.42 Å². The fourth-order valence-electron chi connectivity index (χ4n) is 2.44. The summed E-state index contributed by atoms with van der Waals surface area (Å²) in [5.41, 5.74) is 0. The molecule has 0 radical (unpaired) electrons. The molecular formula is C12H19BrN2O2S2. The van der Waals surface area contributed by atoms with Crippen LogP contribution in [0.1, 0.15) is 19.8 Å². The highest BCUT2D eigenvalue weighted by Crippen LogP contribution is 2.32. The summed E-state index contributed by atoms with van der Waals surface area (Å²) in [6, 6.07) is 1.86. The summed E-state index contributed by atoms with van der Waals surface area (Å²) in [7, 11) is -1.32. The molecule has 2 rings (SSSR count). The zero-order valence-electron chi connectivity index (χ0n) is 11.2. The van der Waals surface area contributed by atoms with Gasteiger partial charge in [0.25, 0.3) is 10.0 Å². The standard InChI is InChI=1S/C12H19BrN2O2S2/c1-3-10-9-14(2)6-4-7-15(10)19(16,17)12-11(13)5-8-18-12/h5,8,10H,3-4,6-7,9H2,1-2H3. The minimum absolute atomic E-state index is 0.0616. The largest absolute Gasteiger partial charge is 0.305 e. The van der Waals surface area contributed by atoms with Crippen LogP contribution in [0.15, 0.2) is 20.1 Å². The molecule has 7 heteroatoms. The third-order valence-electron chi connectivity index (χ3n) is 3.45. The molecule has 108 valence electrons. The third kappa shape index (κ3) is 3.21. The number of sulfonamides is 1. The van der Waals surface area contributed by atoms with E-state index in [0.29, 0.717) is 15.2 Å². The van der Waals surface area contributed by atoms with Gasteiger partial charge in [0.2, 0.25) is 0 Å². The molecule has 0 N–H and O–H groups in total. The highest BCUT2D eigenvalue weighted by atomic mass is 79.9. The van der Waals surface area contributed by atoms with Crippen molar-refractivity contribution in [1.29, 1.82) is 0 Å². The second-order valence-electron chi connectivity index (χ2n) is 4.85. The number of likely N-dealkylation sites (N-methyl/N-ethyl adjacent to an activating group) is 1. The monoisotopic (exact) mass is 366 g/mol. The molecule has 0 aromatic carbocycles. The van der Waals surface area contributed by atoms with Gasteiger partial charge in [-0.3, -0.25) is 0 Å². The Hall–Kier alpha value is 0.0500. The van der Waals surface area contributed by atoms with E-state index in [1.165, 1.54) is 11.3 Å². The second kappa shape index (κ2) is 6.22. The van der Waals surface area contributed by atoms with Gasteiger partial charge in [0, 0.05) is 23.6 Å². The Morgan fingerprint density at radius 2 is 2.21 bits per heavy atom. The van der Waals surface area contributed by atoms with E-state index in [9.17, 15) is 8.42 Å². The van der Waals surface area contributed by atoms with E-state index < -0.39 is 10.0 Å². The Kier molecular flexibility index (Phi) is 5.05. The van der Waals surface area contributed by atoms with E-state index in [2.05, 4.69) is 34.8 Å². The number of thiophene rings is 1. The van der Waals surface area contributed by atoms with Crippen molar-refractivity contribution in [2.24, 2.45) is 0 Å². The normalized spacial score (nSPS) is 23.4. The molecular weight excluding hydrogens is 348 g/mol. The molecule has 1 aliphatic rings. The Morgan fingerprint density at radius 1 is 1.47 bits per heavy atom. The van der Waals surface area contributed by atoms with Gasteiger partial charge < -0.3 is 4.90 Å². The van der Waals surface area contributed by atoms with Gasteiger partial charge in [-0.05, 0) is 53.8 Å². The topological polar surface area (TPSA) is 40.6 Å². The van der Waals surface area contributed by atoms with Crippen LogP contribution in [0.25, 0.3) is 0 Å². The van der Waals surface area contributed by atoms with Gasteiger partial charge in [-0.15, -0.1) is 11.3 Å². The molecule has 1 unspecified atom stereocenters. The van der Waals surface area contributed by atoms with E-state index >= 15 is 0 Å². The lowest BCUT2D eigenvalue weighted by Crippen LogP contribution is -2.43. The molecule has 19 heavy (non-hydrogen) atoms. The average molecular weight is 367 g/mol. The molecule has 1 fully saturated rings. The van der Waals surface area contributed by atoms with Crippen LogP contribution < -0.4 is 0 Å². The maximum Gasteiger partial charge on any atom is 0.253 e. The van der Waals surface area contributed by atoms with Crippen molar-refractivity contribution in [2.45, 2.75) is 30.0 Å². The first kappa shape index (κ1) is 15.4. The minimum Gasteiger partial charge on any atom is -0.305 e. The van der Waals surface area contributed by atoms with Crippen molar-refractivity contribution in [1.82, 2.24) is 9.21 Å². The lowest BCUT2D eigenvalue weighted by molar-refractivity contribution is 0.270. The number of halogens is 1. The summed E-state index contributed by atoms with van der Waals surface area (Å²) in [5, 5.41) is 1.81. The molecule has 1 aliphatic heterocycles. The first-order chi connectivity index (χ1) is 8.96. The third-order valence-corrected chi connectivity index (χ3v) is 8.05. The highest BCUT2D eigenvalue weighted by Gasteiger charge is 2.34. The number of hydrogen-bond donors (Lipinski definition) is 0. The van der Waals surface area contributed by atoms with Gasteiger partial charge in [0.15, 0.2) is 0 Å².